The summed E-state index contributed by atoms with van der Waals surface area (Å²) >= 11 is 0. The van der Waals surface area contributed by atoms with E-state index in [1.807, 2.05) is 35.7 Å². The number of aryl methyl sites for hydroxylation is 1. The Balaban J connectivity index is 2.51. The van der Waals surface area contributed by atoms with Crippen LogP contribution in [0.15, 0.2) is 30.3 Å². The maximum absolute atomic E-state index is 9.24. The van der Waals surface area contributed by atoms with Crippen LogP contribution in [0.3, 0.4) is 0 Å². The van der Waals surface area contributed by atoms with Gasteiger partial charge < -0.3 is 15.2 Å². The monoisotopic (exact) mass is 254 g/mol. The van der Waals surface area contributed by atoms with Gasteiger partial charge in [0.15, 0.2) is 0 Å². The van der Waals surface area contributed by atoms with Gasteiger partial charge in [0.1, 0.15) is 17.6 Å². The third kappa shape index (κ3) is 2.41. The molecule has 1 heterocycles. The number of nitrogen functional groups attached to an aromatic ring is 1. The van der Waals surface area contributed by atoms with Gasteiger partial charge in [-0.3, -0.25) is 0 Å². The molecule has 2 aromatic rings. The zero-order valence-electron chi connectivity index (χ0n) is 11.5. The summed E-state index contributed by atoms with van der Waals surface area (Å²) in [6, 6.07) is 12.1. The summed E-state index contributed by atoms with van der Waals surface area (Å²) in [4.78, 5) is 1.94. The van der Waals surface area contributed by atoms with Crippen LogP contribution in [0.1, 0.15) is 16.8 Å². The highest BCUT2D eigenvalue weighted by atomic mass is 15.2. The highest BCUT2D eigenvalue weighted by Gasteiger charge is 2.15. The molecule has 1 aromatic heterocycles. The van der Waals surface area contributed by atoms with Crippen LogP contribution in [0.2, 0.25) is 0 Å². The van der Waals surface area contributed by atoms with Crippen molar-refractivity contribution in [2.45, 2.75) is 13.5 Å². The van der Waals surface area contributed by atoms with Gasteiger partial charge in [-0.2, -0.15) is 5.26 Å². The molecule has 0 saturated carbocycles. The minimum Gasteiger partial charge on any atom is -0.396 e. The molecule has 0 aliphatic carbocycles. The minimum absolute atomic E-state index is 0.587. The van der Waals surface area contributed by atoms with Crippen molar-refractivity contribution in [2.24, 2.45) is 0 Å². The zero-order chi connectivity index (χ0) is 14.0. The summed E-state index contributed by atoms with van der Waals surface area (Å²) in [6.45, 7) is 2.73. The van der Waals surface area contributed by atoms with Gasteiger partial charge in [-0.25, -0.2) is 0 Å². The standard InChI is InChI=1S/C15H18N4/c1-11-6-4-5-7-12(11)10-19-13(9-16)8-14(17)15(19)18(2)3/h4-8H,10,17H2,1-3H3. The molecule has 4 heteroatoms. The minimum atomic E-state index is 0.587. The average molecular weight is 254 g/mol. The SMILES string of the molecule is Cc1ccccc1Cn1c(C#N)cc(N)c1N(C)C. The first-order chi connectivity index (χ1) is 9.04. The van der Waals surface area contributed by atoms with E-state index in [1.165, 1.54) is 11.1 Å². The van der Waals surface area contributed by atoms with Gasteiger partial charge in [0.25, 0.3) is 0 Å². The van der Waals surface area contributed by atoms with Crippen molar-refractivity contribution in [3.05, 3.63) is 47.2 Å². The van der Waals surface area contributed by atoms with E-state index in [4.69, 9.17) is 5.73 Å². The molecule has 0 saturated heterocycles. The summed E-state index contributed by atoms with van der Waals surface area (Å²) < 4.78 is 1.96. The third-order valence-electron chi connectivity index (χ3n) is 3.22. The molecule has 2 N–H and O–H groups in total. The first-order valence-corrected chi connectivity index (χ1v) is 6.15. The van der Waals surface area contributed by atoms with Crippen LogP contribution in [0, 0.1) is 18.3 Å². The van der Waals surface area contributed by atoms with E-state index in [2.05, 4.69) is 25.1 Å². The van der Waals surface area contributed by atoms with Gasteiger partial charge >= 0.3 is 0 Å². The maximum Gasteiger partial charge on any atom is 0.133 e. The molecule has 0 radical (unpaired) electrons. The lowest BCUT2D eigenvalue weighted by molar-refractivity contribution is 0.774. The van der Waals surface area contributed by atoms with Gasteiger partial charge in [0.05, 0.1) is 12.2 Å². The lowest BCUT2D eigenvalue weighted by atomic mass is 10.1. The van der Waals surface area contributed by atoms with Crippen LogP contribution >= 0.6 is 0 Å². The molecule has 2 rings (SSSR count). The number of nitriles is 1. The Morgan fingerprint density at radius 2 is 2.00 bits per heavy atom. The van der Waals surface area contributed by atoms with E-state index < -0.39 is 0 Å². The van der Waals surface area contributed by atoms with Gasteiger partial charge in [0, 0.05) is 14.1 Å². The number of hydrogen-bond acceptors (Lipinski definition) is 3. The van der Waals surface area contributed by atoms with E-state index >= 15 is 0 Å². The van der Waals surface area contributed by atoms with Crippen molar-refractivity contribution >= 4 is 11.5 Å². The highest BCUT2D eigenvalue weighted by Crippen LogP contribution is 2.27. The predicted octanol–water partition coefficient (Wildman–Crippen LogP) is 2.36. The van der Waals surface area contributed by atoms with Crippen molar-refractivity contribution in [1.82, 2.24) is 4.57 Å². The Bertz CT molecular complexity index is 632. The summed E-state index contributed by atoms with van der Waals surface area (Å²) in [7, 11) is 3.86. The van der Waals surface area contributed by atoms with Crippen molar-refractivity contribution in [3.63, 3.8) is 0 Å². The second-order valence-corrected chi connectivity index (χ2v) is 4.83. The summed E-state index contributed by atoms with van der Waals surface area (Å²) in [5.74, 6) is 0.875. The Hall–Kier alpha value is -2.41. The fraction of sp³-hybridized carbons (Fsp3) is 0.267. The molecular formula is C15H18N4. The second kappa shape index (κ2) is 5.07. The van der Waals surface area contributed by atoms with E-state index in [0.29, 0.717) is 17.9 Å². The Morgan fingerprint density at radius 1 is 1.32 bits per heavy atom. The molecule has 1 aromatic carbocycles. The first kappa shape index (κ1) is 13.0. The van der Waals surface area contributed by atoms with Crippen LogP contribution < -0.4 is 10.6 Å². The number of rotatable bonds is 3. The van der Waals surface area contributed by atoms with Gasteiger partial charge in [-0.1, -0.05) is 24.3 Å². The predicted molar refractivity (Wildman–Crippen MR) is 78.2 cm³/mol. The summed E-state index contributed by atoms with van der Waals surface area (Å²) in [5, 5.41) is 9.24. The normalized spacial score (nSPS) is 10.2. The second-order valence-electron chi connectivity index (χ2n) is 4.83. The van der Waals surface area contributed by atoms with Crippen LogP contribution in [0.25, 0.3) is 0 Å². The quantitative estimate of drug-likeness (QED) is 0.914. The zero-order valence-corrected chi connectivity index (χ0v) is 11.5. The van der Waals surface area contributed by atoms with Crippen LogP contribution in [-0.4, -0.2) is 18.7 Å². The molecule has 0 atom stereocenters. The number of hydrogen-bond donors (Lipinski definition) is 1. The largest absolute Gasteiger partial charge is 0.396 e. The van der Waals surface area contributed by atoms with Crippen LogP contribution in [-0.2, 0) is 6.54 Å². The number of nitrogens with zero attached hydrogens (tertiary/aromatic N) is 3. The Kier molecular flexibility index (Phi) is 3.48. The topological polar surface area (TPSA) is 58.0 Å². The Labute approximate surface area is 113 Å². The highest BCUT2D eigenvalue weighted by molar-refractivity contribution is 5.67. The molecule has 98 valence electrons. The van der Waals surface area contributed by atoms with Gasteiger partial charge in [-0.05, 0) is 24.1 Å². The molecule has 0 unspecified atom stereocenters. The van der Waals surface area contributed by atoms with Gasteiger partial charge in [-0.15, -0.1) is 0 Å². The van der Waals surface area contributed by atoms with Crippen LogP contribution in [0.4, 0.5) is 11.5 Å². The Morgan fingerprint density at radius 3 is 2.58 bits per heavy atom. The summed E-state index contributed by atoms with van der Waals surface area (Å²) in [5.41, 5.74) is 9.62. The molecule has 4 nitrogen and oxygen atoms in total. The lowest BCUT2D eigenvalue weighted by Gasteiger charge is -2.18. The van der Waals surface area contributed by atoms with E-state index in [1.54, 1.807) is 6.07 Å². The van der Waals surface area contributed by atoms with Crippen molar-refractivity contribution < 1.29 is 0 Å². The molecular weight excluding hydrogens is 236 g/mol. The first-order valence-electron chi connectivity index (χ1n) is 6.15. The molecule has 0 spiro atoms. The lowest BCUT2D eigenvalue weighted by Crippen LogP contribution is -2.17. The number of benzene rings is 1. The summed E-state index contributed by atoms with van der Waals surface area (Å²) in [6.07, 6.45) is 0. The number of nitrogens with two attached hydrogens (primary N) is 1. The van der Waals surface area contributed by atoms with E-state index in [9.17, 15) is 5.26 Å². The number of anilines is 2. The van der Waals surface area contributed by atoms with Crippen molar-refractivity contribution in [2.75, 3.05) is 24.7 Å². The van der Waals surface area contributed by atoms with E-state index in [-0.39, 0.29) is 0 Å². The number of aromatic nitrogens is 1. The molecule has 0 fully saturated rings. The smallest absolute Gasteiger partial charge is 0.133 e. The van der Waals surface area contributed by atoms with Crippen LogP contribution in [0.5, 0.6) is 0 Å². The molecule has 0 aliphatic heterocycles. The maximum atomic E-state index is 9.24. The molecule has 0 amide bonds. The van der Waals surface area contributed by atoms with Crippen molar-refractivity contribution in [3.8, 4) is 6.07 Å². The fourth-order valence-corrected chi connectivity index (χ4v) is 2.27. The molecule has 0 aliphatic rings. The van der Waals surface area contributed by atoms with Gasteiger partial charge in [0.2, 0.25) is 0 Å². The fourth-order valence-electron chi connectivity index (χ4n) is 2.27. The average Bonchev–Trinajstić information content (AvgIpc) is 2.68. The van der Waals surface area contributed by atoms with Crippen molar-refractivity contribution in [1.29, 1.82) is 5.26 Å². The molecule has 19 heavy (non-hydrogen) atoms. The third-order valence-corrected chi connectivity index (χ3v) is 3.22. The molecule has 0 bridgehead atoms. The van der Waals surface area contributed by atoms with E-state index in [0.717, 1.165) is 5.82 Å².